The van der Waals surface area contributed by atoms with Crippen molar-refractivity contribution in [2.24, 2.45) is 7.05 Å². The Hall–Kier alpha value is -1.69. The maximum Gasteiger partial charge on any atom is 0.163 e. The summed E-state index contributed by atoms with van der Waals surface area (Å²) in [5.74, 6) is 0.998. The maximum absolute atomic E-state index is 4.49. The van der Waals surface area contributed by atoms with E-state index < -0.39 is 0 Å². The fourth-order valence-corrected chi connectivity index (χ4v) is 2.91. The van der Waals surface area contributed by atoms with E-state index in [0.29, 0.717) is 6.04 Å². The van der Waals surface area contributed by atoms with E-state index >= 15 is 0 Å². The van der Waals surface area contributed by atoms with Gasteiger partial charge in [-0.3, -0.25) is 4.68 Å². The maximum atomic E-state index is 4.49. The molecule has 1 fully saturated rings. The minimum atomic E-state index is 0.561. The van der Waals surface area contributed by atoms with Crippen molar-refractivity contribution in [3.63, 3.8) is 0 Å². The van der Waals surface area contributed by atoms with Gasteiger partial charge in [0.2, 0.25) is 0 Å². The van der Waals surface area contributed by atoms with Crippen molar-refractivity contribution in [1.29, 1.82) is 0 Å². The normalized spacial score (nSPS) is 19.4. The number of nitrogens with zero attached hydrogens (tertiary/aromatic N) is 5. The molecule has 0 bridgehead atoms. The Morgan fingerprint density at radius 3 is 3.05 bits per heavy atom. The van der Waals surface area contributed by atoms with Gasteiger partial charge in [0.1, 0.15) is 12.1 Å². The van der Waals surface area contributed by atoms with E-state index in [-0.39, 0.29) is 0 Å². The highest BCUT2D eigenvalue weighted by molar-refractivity contribution is 5.86. The average Bonchev–Trinajstić information content (AvgIpc) is 2.88. The van der Waals surface area contributed by atoms with Crippen LogP contribution in [0.15, 0.2) is 12.5 Å². The second kappa shape index (κ2) is 5.75. The van der Waals surface area contributed by atoms with E-state index in [1.54, 1.807) is 11.0 Å². The molecule has 0 saturated carbocycles. The number of aryl methyl sites for hydroxylation is 1. The molecule has 0 aliphatic carbocycles. The van der Waals surface area contributed by atoms with Crippen LogP contribution in [0.5, 0.6) is 0 Å². The highest BCUT2D eigenvalue weighted by Gasteiger charge is 2.19. The van der Waals surface area contributed by atoms with Gasteiger partial charge in [0, 0.05) is 26.2 Å². The highest BCUT2D eigenvalue weighted by Crippen LogP contribution is 2.22. The molecule has 0 spiro atoms. The summed E-state index contributed by atoms with van der Waals surface area (Å²) in [4.78, 5) is 11.1. The zero-order valence-corrected chi connectivity index (χ0v) is 12.2. The van der Waals surface area contributed by atoms with Crippen molar-refractivity contribution in [3.05, 3.63) is 12.5 Å². The monoisotopic (exact) mass is 274 g/mol. The predicted molar refractivity (Wildman–Crippen MR) is 79.8 cm³/mol. The molecule has 6 nitrogen and oxygen atoms in total. The Balaban J connectivity index is 1.86. The lowest BCUT2D eigenvalue weighted by atomic mass is 10.0. The van der Waals surface area contributed by atoms with Gasteiger partial charge in [-0.05, 0) is 26.3 Å². The standard InChI is InChI=1S/C14H22N6/c1-3-20(9-11-6-4-5-7-15-11)14-12-8-18-19(2)13(12)16-10-17-14/h8,10-11,15H,3-7,9H2,1-2H3. The first-order chi connectivity index (χ1) is 9.79. The van der Waals surface area contributed by atoms with E-state index in [1.165, 1.54) is 19.3 Å². The summed E-state index contributed by atoms with van der Waals surface area (Å²) in [6, 6.07) is 0.561. The van der Waals surface area contributed by atoms with Crippen molar-refractivity contribution in [1.82, 2.24) is 25.1 Å². The number of nitrogens with one attached hydrogen (secondary N) is 1. The summed E-state index contributed by atoms with van der Waals surface area (Å²) in [7, 11) is 1.91. The largest absolute Gasteiger partial charge is 0.355 e. The summed E-state index contributed by atoms with van der Waals surface area (Å²) in [5, 5.41) is 8.93. The molecular formula is C14H22N6. The molecule has 3 rings (SSSR count). The number of anilines is 1. The summed E-state index contributed by atoms with van der Waals surface area (Å²) >= 11 is 0. The minimum Gasteiger partial charge on any atom is -0.355 e. The smallest absolute Gasteiger partial charge is 0.163 e. The van der Waals surface area contributed by atoms with Gasteiger partial charge < -0.3 is 10.2 Å². The van der Waals surface area contributed by atoms with Gasteiger partial charge in [0.25, 0.3) is 0 Å². The average molecular weight is 274 g/mol. The van der Waals surface area contributed by atoms with Gasteiger partial charge in [-0.2, -0.15) is 5.10 Å². The van der Waals surface area contributed by atoms with Crippen molar-refractivity contribution in [2.75, 3.05) is 24.5 Å². The van der Waals surface area contributed by atoms with Gasteiger partial charge in [-0.25, -0.2) is 9.97 Å². The quantitative estimate of drug-likeness (QED) is 0.911. The van der Waals surface area contributed by atoms with Crippen LogP contribution < -0.4 is 10.2 Å². The summed E-state index contributed by atoms with van der Waals surface area (Å²) in [5.41, 5.74) is 0.894. The lowest BCUT2D eigenvalue weighted by molar-refractivity contribution is 0.400. The Bertz CT molecular complexity index is 572. The minimum absolute atomic E-state index is 0.561. The van der Waals surface area contributed by atoms with E-state index in [2.05, 4.69) is 32.2 Å². The van der Waals surface area contributed by atoms with Gasteiger partial charge >= 0.3 is 0 Å². The lowest BCUT2D eigenvalue weighted by Crippen LogP contribution is -2.44. The third-order valence-corrected chi connectivity index (χ3v) is 4.04. The molecule has 108 valence electrons. The number of aromatic nitrogens is 4. The molecule has 2 aromatic rings. The molecule has 6 heteroatoms. The number of fused-ring (bicyclic) bond motifs is 1. The molecule has 0 radical (unpaired) electrons. The molecule has 1 aliphatic rings. The van der Waals surface area contributed by atoms with Crippen LogP contribution >= 0.6 is 0 Å². The summed E-state index contributed by atoms with van der Waals surface area (Å²) < 4.78 is 1.80. The molecule has 20 heavy (non-hydrogen) atoms. The van der Waals surface area contributed by atoms with E-state index in [4.69, 9.17) is 0 Å². The number of rotatable bonds is 4. The van der Waals surface area contributed by atoms with Crippen LogP contribution in [0.1, 0.15) is 26.2 Å². The number of hydrogen-bond acceptors (Lipinski definition) is 5. The fraction of sp³-hybridized carbons (Fsp3) is 0.643. The molecule has 2 aromatic heterocycles. The molecular weight excluding hydrogens is 252 g/mol. The van der Waals surface area contributed by atoms with Crippen molar-refractivity contribution in [2.45, 2.75) is 32.2 Å². The predicted octanol–water partition coefficient (Wildman–Crippen LogP) is 1.33. The Morgan fingerprint density at radius 1 is 1.40 bits per heavy atom. The molecule has 0 aromatic carbocycles. The first-order valence-electron chi connectivity index (χ1n) is 7.40. The first kappa shape index (κ1) is 13.3. The second-order valence-corrected chi connectivity index (χ2v) is 5.39. The van der Waals surface area contributed by atoms with Crippen molar-refractivity contribution < 1.29 is 0 Å². The Morgan fingerprint density at radius 2 is 2.30 bits per heavy atom. The van der Waals surface area contributed by atoms with E-state index in [1.807, 2.05) is 13.2 Å². The Labute approximate surface area is 119 Å². The van der Waals surface area contributed by atoms with Crippen LogP contribution in [0.25, 0.3) is 11.0 Å². The third kappa shape index (κ3) is 2.47. The lowest BCUT2D eigenvalue weighted by Gasteiger charge is -2.30. The zero-order chi connectivity index (χ0) is 13.9. The topological polar surface area (TPSA) is 58.9 Å². The molecule has 3 heterocycles. The SMILES string of the molecule is CCN(CC1CCCCN1)c1ncnc2c1cnn2C. The zero-order valence-electron chi connectivity index (χ0n) is 12.2. The van der Waals surface area contributed by atoms with Gasteiger partial charge in [0.05, 0.1) is 11.6 Å². The van der Waals surface area contributed by atoms with Gasteiger partial charge in [-0.15, -0.1) is 0 Å². The van der Waals surface area contributed by atoms with Gasteiger partial charge in [0.15, 0.2) is 5.65 Å². The van der Waals surface area contributed by atoms with E-state index in [9.17, 15) is 0 Å². The highest BCUT2D eigenvalue weighted by atomic mass is 15.3. The first-order valence-corrected chi connectivity index (χ1v) is 7.40. The molecule has 1 atom stereocenters. The molecule has 1 unspecified atom stereocenters. The van der Waals surface area contributed by atoms with Crippen LogP contribution in [0, 0.1) is 0 Å². The van der Waals surface area contributed by atoms with Crippen molar-refractivity contribution >= 4 is 16.9 Å². The third-order valence-electron chi connectivity index (χ3n) is 4.04. The van der Waals surface area contributed by atoms with Crippen LogP contribution in [0.2, 0.25) is 0 Å². The number of likely N-dealkylation sites (N-methyl/N-ethyl adjacent to an activating group) is 1. The van der Waals surface area contributed by atoms with Crippen LogP contribution in [0.4, 0.5) is 5.82 Å². The number of piperidine rings is 1. The second-order valence-electron chi connectivity index (χ2n) is 5.39. The Kier molecular flexibility index (Phi) is 3.82. The van der Waals surface area contributed by atoms with Crippen LogP contribution in [-0.4, -0.2) is 45.4 Å². The number of hydrogen-bond donors (Lipinski definition) is 1. The molecule has 1 aliphatic heterocycles. The van der Waals surface area contributed by atoms with E-state index in [0.717, 1.165) is 36.5 Å². The fourth-order valence-electron chi connectivity index (χ4n) is 2.91. The van der Waals surface area contributed by atoms with Crippen molar-refractivity contribution in [3.8, 4) is 0 Å². The molecule has 0 amide bonds. The molecule has 1 N–H and O–H groups in total. The van der Waals surface area contributed by atoms with Gasteiger partial charge in [-0.1, -0.05) is 6.42 Å². The summed E-state index contributed by atoms with van der Waals surface area (Å²) in [6.45, 7) is 5.25. The van der Waals surface area contributed by atoms with Crippen LogP contribution in [-0.2, 0) is 7.05 Å². The molecule has 1 saturated heterocycles. The summed E-state index contributed by atoms with van der Waals surface area (Å²) in [6.07, 6.45) is 7.36. The van der Waals surface area contributed by atoms with Crippen LogP contribution in [0.3, 0.4) is 0 Å².